The van der Waals surface area contributed by atoms with Crippen molar-refractivity contribution < 1.29 is 27.9 Å². The lowest BCUT2D eigenvalue weighted by Gasteiger charge is -2.25. The van der Waals surface area contributed by atoms with Crippen LogP contribution in [0.4, 0.5) is 0 Å². The first-order chi connectivity index (χ1) is 10.4. The molecule has 6 nitrogen and oxygen atoms in total. The van der Waals surface area contributed by atoms with Crippen molar-refractivity contribution in [3.05, 3.63) is 12.7 Å². The number of hydrogen-bond donors (Lipinski definition) is 0. The van der Waals surface area contributed by atoms with Gasteiger partial charge in [-0.1, -0.05) is 6.08 Å². The molecule has 1 rings (SSSR count). The molecular formula is C15H25O6P. The Morgan fingerprint density at radius 3 is 2.45 bits per heavy atom. The highest BCUT2D eigenvalue weighted by Crippen LogP contribution is 2.48. The second-order valence-corrected chi connectivity index (χ2v) is 7.37. The van der Waals surface area contributed by atoms with Crippen molar-refractivity contribution in [1.29, 1.82) is 0 Å². The Bertz CT molecular complexity index is 451. The van der Waals surface area contributed by atoms with Crippen LogP contribution in [-0.2, 0) is 27.9 Å². The lowest BCUT2D eigenvalue weighted by atomic mass is 9.83. The summed E-state index contributed by atoms with van der Waals surface area (Å²) in [4.78, 5) is 24.0. The van der Waals surface area contributed by atoms with Crippen LogP contribution in [0.2, 0.25) is 0 Å². The van der Waals surface area contributed by atoms with Gasteiger partial charge in [0, 0.05) is 6.42 Å². The van der Waals surface area contributed by atoms with Crippen molar-refractivity contribution in [3.8, 4) is 0 Å². The average Bonchev–Trinajstić information content (AvgIpc) is 2.79. The molecule has 7 heteroatoms. The summed E-state index contributed by atoms with van der Waals surface area (Å²) in [5, 5.41) is 0. The maximum atomic E-state index is 12.3. The Hall–Kier alpha value is -0.970. The maximum Gasteiger partial charge on any atom is 0.341 e. The smallest absolute Gasteiger partial charge is 0.341 e. The van der Waals surface area contributed by atoms with E-state index in [1.54, 1.807) is 19.9 Å². The van der Waals surface area contributed by atoms with E-state index in [1.807, 2.05) is 0 Å². The minimum absolute atomic E-state index is 0.00502. The largest absolute Gasteiger partial charge is 0.464 e. The van der Waals surface area contributed by atoms with Gasteiger partial charge in [0.1, 0.15) is 18.6 Å². The van der Waals surface area contributed by atoms with Gasteiger partial charge >= 0.3 is 13.6 Å². The Morgan fingerprint density at radius 1 is 1.36 bits per heavy atom. The number of esters is 1. The number of carbonyl (C=O) groups is 2. The summed E-state index contributed by atoms with van der Waals surface area (Å²) in [7, 11) is -3.47. The lowest BCUT2D eigenvalue weighted by Crippen LogP contribution is -2.32. The predicted molar refractivity (Wildman–Crippen MR) is 82.8 cm³/mol. The normalized spacial score (nSPS) is 21.8. The molecule has 0 N–H and O–H groups in total. The number of hydrogen-bond acceptors (Lipinski definition) is 6. The summed E-state index contributed by atoms with van der Waals surface area (Å²) in [5.74, 6) is -0.577. The molecule has 0 aromatic heterocycles. The second-order valence-electron chi connectivity index (χ2n) is 5.32. The standard InChI is InChI=1S/C15H25O6P/c1-4-9-15(10-7-8-13(15)16)12-19-14(17)11-22(18,20-5-2)21-6-3/h4H,1,5-12H2,2-3H3/t15-/m0/s1. The first kappa shape index (κ1) is 19.1. The van der Waals surface area contributed by atoms with Crippen molar-refractivity contribution in [2.24, 2.45) is 5.41 Å². The highest BCUT2D eigenvalue weighted by atomic mass is 31.2. The number of rotatable bonds is 10. The van der Waals surface area contributed by atoms with Crippen LogP contribution in [0.1, 0.15) is 39.5 Å². The number of ketones is 1. The molecule has 0 heterocycles. The first-order valence-corrected chi connectivity index (χ1v) is 9.32. The fourth-order valence-electron chi connectivity index (χ4n) is 2.64. The molecule has 126 valence electrons. The minimum atomic E-state index is -3.47. The van der Waals surface area contributed by atoms with Gasteiger partial charge in [0.15, 0.2) is 0 Å². The second kappa shape index (κ2) is 8.61. The molecule has 22 heavy (non-hydrogen) atoms. The van der Waals surface area contributed by atoms with Gasteiger partial charge in [-0.05, 0) is 33.1 Å². The van der Waals surface area contributed by atoms with Crippen LogP contribution in [0.15, 0.2) is 12.7 Å². The van der Waals surface area contributed by atoms with Gasteiger partial charge in [-0.25, -0.2) is 0 Å². The summed E-state index contributed by atoms with van der Waals surface area (Å²) in [6.07, 6.45) is 3.69. The fourth-order valence-corrected chi connectivity index (χ4v) is 4.09. The van der Waals surface area contributed by atoms with E-state index >= 15 is 0 Å². The molecule has 1 atom stereocenters. The molecular weight excluding hydrogens is 307 g/mol. The summed E-state index contributed by atoms with van der Waals surface area (Å²) in [5.41, 5.74) is -0.668. The Morgan fingerprint density at radius 2 is 2.00 bits per heavy atom. The van der Waals surface area contributed by atoms with Gasteiger partial charge in [0.2, 0.25) is 0 Å². The monoisotopic (exact) mass is 332 g/mol. The van der Waals surface area contributed by atoms with Crippen LogP contribution in [0, 0.1) is 5.41 Å². The van der Waals surface area contributed by atoms with Crippen molar-refractivity contribution >= 4 is 19.3 Å². The zero-order chi connectivity index (χ0) is 16.6. The SMILES string of the molecule is C=CC[C@@]1(COC(=O)CP(=O)(OCC)OCC)CCCC1=O. The lowest BCUT2D eigenvalue weighted by molar-refractivity contribution is -0.146. The van der Waals surface area contributed by atoms with Gasteiger partial charge in [-0.15, -0.1) is 6.58 Å². The number of allylic oxidation sites excluding steroid dienone is 1. The van der Waals surface area contributed by atoms with Crippen LogP contribution < -0.4 is 0 Å². The van der Waals surface area contributed by atoms with Crippen LogP contribution in [0.5, 0.6) is 0 Å². The van der Waals surface area contributed by atoms with Gasteiger partial charge in [-0.3, -0.25) is 14.2 Å². The molecule has 0 radical (unpaired) electrons. The molecule has 0 aromatic carbocycles. The highest BCUT2D eigenvalue weighted by Gasteiger charge is 2.42. The van der Waals surface area contributed by atoms with E-state index < -0.39 is 25.1 Å². The molecule has 0 amide bonds. The van der Waals surface area contributed by atoms with Gasteiger partial charge in [0.25, 0.3) is 0 Å². The summed E-state index contributed by atoms with van der Waals surface area (Å²) in [6.45, 7) is 7.37. The van der Waals surface area contributed by atoms with Crippen LogP contribution in [0.3, 0.4) is 0 Å². The van der Waals surface area contributed by atoms with E-state index in [0.717, 1.165) is 6.42 Å². The Labute approximate surface area is 131 Å². The zero-order valence-corrected chi connectivity index (χ0v) is 14.2. The molecule has 0 unspecified atom stereocenters. The summed E-state index contributed by atoms with van der Waals surface area (Å²) >= 11 is 0. The molecule has 1 aliphatic rings. The van der Waals surface area contributed by atoms with Gasteiger partial charge in [-0.2, -0.15) is 0 Å². The molecule has 0 aliphatic heterocycles. The Kier molecular flexibility index (Phi) is 7.46. The van der Waals surface area contributed by atoms with Crippen LogP contribution in [0.25, 0.3) is 0 Å². The molecule has 0 spiro atoms. The van der Waals surface area contributed by atoms with Crippen LogP contribution in [-0.4, -0.2) is 37.7 Å². The van der Waals surface area contributed by atoms with E-state index in [2.05, 4.69) is 6.58 Å². The summed E-state index contributed by atoms with van der Waals surface area (Å²) in [6, 6.07) is 0. The maximum absolute atomic E-state index is 12.3. The quantitative estimate of drug-likeness (QED) is 0.347. The topological polar surface area (TPSA) is 78.9 Å². The number of Topliss-reactive ketones (excluding diaryl/α,β-unsaturated/α-hetero) is 1. The molecule has 0 aromatic rings. The van der Waals surface area contributed by atoms with E-state index in [9.17, 15) is 14.2 Å². The van der Waals surface area contributed by atoms with Gasteiger partial charge < -0.3 is 13.8 Å². The third-order valence-corrected chi connectivity index (χ3v) is 5.62. The first-order valence-electron chi connectivity index (χ1n) is 7.59. The van der Waals surface area contributed by atoms with Crippen LogP contribution >= 0.6 is 7.60 Å². The zero-order valence-electron chi connectivity index (χ0n) is 13.3. The fraction of sp³-hybridized carbons (Fsp3) is 0.733. The third-order valence-electron chi connectivity index (χ3n) is 3.67. The van der Waals surface area contributed by atoms with E-state index in [4.69, 9.17) is 13.8 Å². The number of carbonyl (C=O) groups excluding carboxylic acids is 2. The van der Waals surface area contributed by atoms with Gasteiger partial charge in [0.05, 0.1) is 18.6 Å². The van der Waals surface area contributed by atoms with Crippen molar-refractivity contribution in [2.45, 2.75) is 39.5 Å². The summed E-state index contributed by atoms with van der Waals surface area (Å²) < 4.78 is 27.6. The molecule has 1 aliphatic carbocycles. The molecule has 1 fully saturated rings. The van der Waals surface area contributed by atoms with Crippen molar-refractivity contribution in [1.82, 2.24) is 0 Å². The van der Waals surface area contributed by atoms with E-state index in [1.165, 1.54) is 0 Å². The Balaban J connectivity index is 2.62. The third kappa shape index (κ3) is 5.04. The highest BCUT2D eigenvalue weighted by molar-refractivity contribution is 7.54. The minimum Gasteiger partial charge on any atom is -0.464 e. The average molecular weight is 332 g/mol. The molecule has 0 saturated heterocycles. The molecule has 0 bridgehead atoms. The van der Waals surface area contributed by atoms with E-state index in [0.29, 0.717) is 19.3 Å². The van der Waals surface area contributed by atoms with Crippen molar-refractivity contribution in [3.63, 3.8) is 0 Å². The predicted octanol–water partition coefficient (Wildman–Crippen LogP) is 3.11. The molecule has 1 saturated carbocycles. The van der Waals surface area contributed by atoms with Crippen molar-refractivity contribution in [2.75, 3.05) is 26.0 Å². The van der Waals surface area contributed by atoms with E-state index in [-0.39, 0.29) is 25.6 Å². The number of ether oxygens (including phenoxy) is 1.